The SMILES string of the molecule is CC(C)c1ccc(Nc2ccc(C(C)C)cn2)cc1. The fourth-order valence-corrected chi connectivity index (χ4v) is 1.92. The maximum absolute atomic E-state index is 4.44. The average molecular weight is 254 g/mol. The van der Waals surface area contributed by atoms with Crippen molar-refractivity contribution in [1.29, 1.82) is 0 Å². The van der Waals surface area contributed by atoms with Crippen molar-refractivity contribution < 1.29 is 0 Å². The first-order chi connectivity index (χ1) is 9.06. The second kappa shape index (κ2) is 5.87. The van der Waals surface area contributed by atoms with Gasteiger partial charge >= 0.3 is 0 Å². The van der Waals surface area contributed by atoms with Crippen LogP contribution in [0.4, 0.5) is 11.5 Å². The van der Waals surface area contributed by atoms with Gasteiger partial charge in [-0.2, -0.15) is 0 Å². The third kappa shape index (κ3) is 3.57. The van der Waals surface area contributed by atoms with E-state index in [1.54, 1.807) is 0 Å². The Bertz CT molecular complexity index is 460. The smallest absolute Gasteiger partial charge is 0.130 e. The number of hydrogen-bond acceptors (Lipinski definition) is 2. The van der Waals surface area contributed by atoms with Crippen LogP contribution < -0.4 is 5.32 Å². The molecule has 2 aromatic rings. The highest BCUT2D eigenvalue weighted by Gasteiger charge is 2.02. The Labute approximate surface area is 115 Å². The molecule has 0 aliphatic heterocycles. The van der Waals surface area contributed by atoms with Crippen LogP contribution in [0.3, 0.4) is 0 Å². The summed E-state index contributed by atoms with van der Waals surface area (Å²) in [5, 5.41) is 3.33. The van der Waals surface area contributed by atoms with Crippen LogP contribution in [-0.2, 0) is 0 Å². The first-order valence-electron chi connectivity index (χ1n) is 6.89. The van der Waals surface area contributed by atoms with Gasteiger partial charge in [-0.05, 0) is 41.2 Å². The van der Waals surface area contributed by atoms with E-state index in [2.05, 4.69) is 68.3 Å². The number of hydrogen-bond donors (Lipinski definition) is 1. The molecule has 1 aromatic heterocycles. The normalized spacial score (nSPS) is 11.1. The fraction of sp³-hybridized carbons (Fsp3) is 0.353. The quantitative estimate of drug-likeness (QED) is 0.823. The number of benzene rings is 1. The molecule has 0 saturated carbocycles. The number of aromatic nitrogens is 1. The minimum absolute atomic E-state index is 0.520. The molecular weight excluding hydrogens is 232 g/mol. The van der Waals surface area contributed by atoms with Gasteiger partial charge in [-0.25, -0.2) is 4.98 Å². The summed E-state index contributed by atoms with van der Waals surface area (Å²) in [5.74, 6) is 1.98. The number of pyridine rings is 1. The molecule has 0 saturated heterocycles. The van der Waals surface area contributed by atoms with Gasteiger partial charge in [0.15, 0.2) is 0 Å². The van der Waals surface area contributed by atoms with Crippen LogP contribution in [0.15, 0.2) is 42.6 Å². The lowest BCUT2D eigenvalue weighted by Crippen LogP contribution is -1.96. The topological polar surface area (TPSA) is 24.9 Å². The lowest BCUT2D eigenvalue weighted by Gasteiger charge is -2.10. The molecule has 19 heavy (non-hydrogen) atoms. The number of nitrogens with one attached hydrogen (secondary N) is 1. The molecule has 0 radical (unpaired) electrons. The third-order valence-corrected chi connectivity index (χ3v) is 3.30. The zero-order valence-electron chi connectivity index (χ0n) is 12.1. The molecule has 0 unspecified atom stereocenters. The Hall–Kier alpha value is -1.83. The summed E-state index contributed by atoms with van der Waals surface area (Å²) in [7, 11) is 0. The monoisotopic (exact) mass is 254 g/mol. The molecule has 0 amide bonds. The summed E-state index contributed by atoms with van der Waals surface area (Å²) >= 11 is 0. The minimum atomic E-state index is 0.520. The van der Waals surface area contributed by atoms with Crippen molar-refractivity contribution in [3.63, 3.8) is 0 Å². The van der Waals surface area contributed by atoms with Crippen LogP contribution in [0.1, 0.15) is 50.7 Å². The zero-order valence-corrected chi connectivity index (χ0v) is 12.1. The van der Waals surface area contributed by atoms with Crippen molar-refractivity contribution in [2.24, 2.45) is 0 Å². The van der Waals surface area contributed by atoms with Crippen LogP contribution in [0.5, 0.6) is 0 Å². The van der Waals surface area contributed by atoms with Gasteiger partial charge in [0, 0.05) is 11.9 Å². The molecule has 1 heterocycles. The number of nitrogens with zero attached hydrogens (tertiary/aromatic N) is 1. The van der Waals surface area contributed by atoms with Gasteiger partial charge in [-0.3, -0.25) is 0 Å². The maximum Gasteiger partial charge on any atom is 0.130 e. The van der Waals surface area contributed by atoms with Gasteiger partial charge in [0.25, 0.3) is 0 Å². The van der Waals surface area contributed by atoms with E-state index in [4.69, 9.17) is 0 Å². The van der Waals surface area contributed by atoms with Gasteiger partial charge in [-0.1, -0.05) is 45.9 Å². The van der Waals surface area contributed by atoms with E-state index < -0.39 is 0 Å². The molecule has 0 fully saturated rings. The Morgan fingerprint density at radius 2 is 1.37 bits per heavy atom. The van der Waals surface area contributed by atoms with Gasteiger partial charge in [0.05, 0.1) is 0 Å². The molecule has 0 spiro atoms. The fourth-order valence-electron chi connectivity index (χ4n) is 1.92. The predicted octanol–water partition coefficient (Wildman–Crippen LogP) is 5.07. The molecule has 2 rings (SSSR count). The molecule has 0 bridgehead atoms. The first-order valence-corrected chi connectivity index (χ1v) is 6.89. The van der Waals surface area contributed by atoms with Crippen LogP contribution in [-0.4, -0.2) is 4.98 Å². The standard InChI is InChI=1S/C17H22N2/c1-12(2)14-5-8-16(9-6-14)19-17-10-7-15(11-18-17)13(3)4/h5-13H,1-4H3,(H,18,19). The van der Waals surface area contributed by atoms with Crippen molar-refractivity contribution in [1.82, 2.24) is 4.98 Å². The van der Waals surface area contributed by atoms with Gasteiger partial charge < -0.3 is 5.32 Å². The molecule has 1 N–H and O–H groups in total. The second-order valence-electron chi connectivity index (χ2n) is 5.53. The molecule has 1 aromatic carbocycles. The van der Waals surface area contributed by atoms with Crippen LogP contribution in [0.2, 0.25) is 0 Å². The summed E-state index contributed by atoms with van der Waals surface area (Å²) in [6.45, 7) is 8.76. The largest absolute Gasteiger partial charge is 0.340 e. The Kier molecular flexibility index (Phi) is 4.20. The summed E-state index contributed by atoms with van der Waals surface area (Å²) in [6, 6.07) is 12.7. The van der Waals surface area contributed by atoms with Crippen molar-refractivity contribution in [2.75, 3.05) is 5.32 Å². The zero-order chi connectivity index (χ0) is 13.8. The van der Waals surface area contributed by atoms with Crippen molar-refractivity contribution in [3.05, 3.63) is 53.7 Å². The molecule has 0 atom stereocenters. The van der Waals surface area contributed by atoms with Crippen LogP contribution >= 0.6 is 0 Å². The molecule has 100 valence electrons. The minimum Gasteiger partial charge on any atom is -0.340 e. The van der Waals surface area contributed by atoms with Crippen molar-refractivity contribution in [3.8, 4) is 0 Å². The highest BCUT2D eigenvalue weighted by atomic mass is 15.0. The van der Waals surface area contributed by atoms with Crippen molar-refractivity contribution in [2.45, 2.75) is 39.5 Å². The molecule has 2 nitrogen and oxygen atoms in total. The summed E-state index contributed by atoms with van der Waals surface area (Å²) in [4.78, 5) is 4.44. The predicted molar refractivity (Wildman–Crippen MR) is 82.1 cm³/mol. The van der Waals surface area contributed by atoms with E-state index in [1.165, 1.54) is 11.1 Å². The molecular formula is C17H22N2. The van der Waals surface area contributed by atoms with E-state index in [-0.39, 0.29) is 0 Å². The highest BCUT2D eigenvalue weighted by Crippen LogP contribution is 2.20. The Morgan fingerprint density at radius 1 is 0.789 bits per heavy atom. The van der Waals surface area contributed by atoms with Gasteiger partial charge in [-0.15, -0.1) is 0 Å². The summed E-state index contributed by atoms with van der Waals surface area (Å²) < 4.78 is 0. The highest BCUT2D eigenvalue weighted by molar-refractivity contribution is 5.56. The Morgan fingerprint density at radius 3 is 1.84 bits per heavy atom. The molecule has 2 heteroatoms. The Balaban J connectivity index is 2.08. The van der Waals surface area contributed by atoms with Gasteiger partial charge in [0.2, 0.25) is 0 Å². The van der Waals surface area contributed by atoms with E-state index in [9.17, 15) is 0 Å². The van der Waals surface area contributed by atoms with Crippen LogP contribution in [0, 0.1) is 0 Å². The lowest BCUT2D eigenvalue weighted by atomic mass is 10.0. The lowest BCUT2D eigenvalue weighted by molar-refractivity contribution is 0.859. The van der Waals surface area contributed by atoms with Crippen LogP contribution in [0.25, 0.3) is 0 Å². The number of anilines is 2. The van der Waals surface area contributed by atoms with E-state index >= 15 is 0 Å². The molecule has 0 aliphatic rings. The summed E-state index contributed by atoms with van der Waals surface area (Å²) in [6.07, 6.45) is 1.94. The first kappa shape index (κ1) is 13.6. The summed E-state index contributed by atoms with van der Waals surface area (Å²) in [5.41, 5.74) is 3.70. The average Bonchev–Trinajstić information content (AvgIpc) is 2.40. The third-order valence-electron chi connectivity index (χ3n) is 3.30. The molecule has 0 aliphatic carbocycles. The van der Waals surface area contributed by atoms with E-state index in [0.717, 1.165) is 11.5 Å². The van der Waals surface area contributed by atoms with Gasteiger partial charge in [0.1, 0.15) is 5.82 Å². The second-order valence-corrected chi connectivity index (χ2v) is 5.53. The van der Waals surface area contributed by atoms with E-state index in [1.807, 2.05) is 12.3 Å². The van der Waals surface area contributed by atoms with E-state index in [0.29, 0.717) is 11.8 Å². The van der Waals surface area contributed by atoms with Crippen molar-refractivity contribution >= 4 is 11.5 Å². The maximum atomic E-state index is 4.44. The number of rotatable bonds is 4.